The van der Waals surface area contributed by atoms with Gasteiger partial charge in [-0.05, 0) is 57.8 Å². The fourth-order valence-corrected chi connectivity index (χ4v) is 8.24. The molecule has 0 aromatic carbocycles. The van der Waals surface area contributed by atoms with Crippen LogP contribution in [0.5, 0.6) is 0 Å². The van der Waals surface area contributed by atoms with Gasteiger partial charge < -0.3 is 14.2 Å². The molecule has 1 atom stereocenters. The fraction of sp³-hybridized carbons (Fsp3) is 0.787. The molecule has 0 aromatic heterocycles. The summed E-state index contributed by atoms with van der Waals surface area (Å²) in [6, 6.07) is 0. The monoisotopic (exact) mass is 937 g/mol. The number of ether oxygens (including phenoxy) is 3. The first-order valence-corrected chi connectivity index (χ1v) is 28.8. The van der Waals surface area contributed by atoms with Gasteiger partial charge in [-0.3, -0.25) is 14.4 Å². The average molecular weight is 938 g/mol. The van der Waals surface area contributed by atoms with E-state index in [1.165, 1.54) is 167 Å². The van der Waals surface area contributed by atoms with E-state index in [2.05, 4.69) is 81.5 Å². The highest BCUT2D eigenvalue weighted by Crippen LogP contribution is 2.17. The van der Waals surface area contributed by atoms with Crippen LogP contribution < -0.4 is 0 Å². The maximum atomic E-state index is 12.8. The first kappa shape index (κ1) is 64.1. The molecule has 0 aliphatic carbocycles. The Bertz CT molecular complexity index is 1210. The van der Waals surface area contributed by atoms with Crippen LogP contribution in [0, 0.1) is 0 Å². The molecule has 0 spiro atoms. The van der Waals surface area contributed by atoms with Gasteiger partial charge in [-0.15, -0.1) is 0 Å². The van der Waals surface area contributed by atoms with E-state index >= 15 is 0 Å². The third kappa shape index (κ3) is 53.9. The molecule has 0 amide bonds. The number of rotatable bonds is 52. The minimum absolute atomic E-state index is 0.0927. The van der Waals surface area contributed by atoms with Crippen LogP contribution >= 0.6 is 0 Å². The van der Waals surface area contributed by atoms with Crippen molar-refractivity contribution in [3.63, 3.8) is 0 Å². The van der Waals surface area contributed by atoms with Crippen LogP contribution in [-0.2, 0) is 28.6 Å². The van der Waals surface area contributed by atoms with Gasteiger partial charge in [0.05, 0.1) is 0 Å². The van der Waals surface area contributed by atoms with Gasteiger partial charge in [0.25, 0.3) is 0 Å². The van der Waals surface area contributed by atoms with E-state index in [-0.39, 0.29) is 37.5 Å². The molecule has 0 saturated carbocycles. The highest BCUT2D eigenvalue weighted by molar-refractivity contribution is 5.71. The van der Waals surface area contributed by atoms with Gasteiger partial charge in [-0.2, -0.15) is 0 Å². The second kappa shape index (κ2) is 55.7. The average Bonchev–Trinajstić information content (AvgIpc) is 3.33. The number of hydrogen-bond donors (Lipinski definition) is 0. The summed E-state index contributed by atoms with van der Waals surface area (Å²) in [7, 11) is 0. The Balaban J connectivity index is 4.42. The van der Waals surface area contributed by atoms with Crippen molar-refractivity contribution < 1.29 is 28.6 Å². The second-order valence-corrected chi connectivity index (χ2v) is 19.2. The third-order valence-electron chi connectivity index (χ3n) is 12.5. The lowest BCUT2D eigenvalue weighted by molar-refractivity contribution is -0.167. The molecule has 1 unspecified atom stereocenters. The topological polar surface area (TPSA) is 78.9 Å². The predicted octanol–water partition coefficient (Wildman–Crippen LogP) is 19.2. The molecule has 0 bridgehead atoms. The van der Waals surface area contributed by atoms with Crippen LogP contribution in [-0.4, -0.2) is 37.2 Å². The highest BCUT2D eigenvalue weighted by Gasteiger charge is 2.19. The summed E-state index contributed by atoms with van der Waals surface area (Å²) in [6.07, 6.45) is 69.3. The van der Waals surface area contributed by atoms with Crippen molar-refractivity contribution in [3.05, 3.63) is 60.8 Å². The van der Waals surface area contributed by atoms with Crippen molar-refractivity contribution in [1.82, 2.24) is 0 Å². The quantitative estimate of drug-likeness (QED) is 0.0262. The molecular formula is C61H108O6. The first-order valence-electron chi connectivity index (χ1n) is 28.8. The number of carbonyl (C=O) groups is 3. The Morgan fingerprint density at radius 3 is 0.896 bits per heavy atom. The molecule has 0 aliphatic rings. The van der Waals surface area contributed by atoms with Gasteiger partial charge in [0.2, 0.25) is 0 Å². The molecule has 0 radical (unpaired) electrons. The standard InChI is InChI=1S/C61H108O6/c1-4-7-10-13-16-19-22-25-28-30-32-33-36-39-42-45-48-51-54-60(63)66-57-58(56-65-59(62)53-50-47-44-41-38-35-27-24-21-18-15-12-9-6-3)67-61(64)55-52-49-46-43-40-37-34-31-29-26-23-20-17-14-11-8-5-2/h8,11,17,20,26,29,34,37,43,46,58H,4-7,9-10,12-16,18-19,21-25,27-28,30-33,35-36,38-42,44-45,47-57H2,1-3H3/b11-8-,20-17-,29-26-,37-34-,46-43-. The number of esters is 3. The molecular weight excluding hydrogens is 829 g/mol. The maximum Gasteiger partial charge on any atom is 0.306 e. The molecule has 0 aliphatic heterocycles. The predicted molar refractivity (Wildman–Crippen MR) is 288 cm³/mol. The summed E-state index contributed by atoms with van der Waals surface area (Å²) in [5.41, 5.74) is 0. The zero-order valence-electron chi connectivity index (χ0n) is 44.4. The van der Waals surface area contributed by atoms with Crippen molar-refractivity contribution in [3.8, 4) is 0 Å². The van der Waals surface area contributed by atoms with Crippen LogP contribution in [0.3, 0.4) is 0 Å². The molecule has 67 heavy (non-hydrogen) atoms. The largest absolute Gasteiger partial charge is 0.462 e. The summed E-state index contributed by atoms with van der Waals surface area (Å²) in [5, 5.41) is 0. The van der Waals surface area contributed by atoms with Gasteiger partial charge in [-0.1, -0.05) is 274 Å². The van der Waals surface area contributed by atoms with E-state index in [0.717, 1.165) is 77.0 Å². The van der Waals surface area contributed by atoms with Gasteiger partial charge >= 0.3 is 17.9 Å². The molecule has 0 rings (SSSR count). The lowest BCUT2D eigenvalue weighted by Gasteiger charge is -2.18. The lowest BCUT2D eigenvalue weighted by atomic mass is 10.0. The third-order valence-corrected chi connectivity index (χ3v) is 12.5. The smallest absolute Gasteiger partial charge is 0.306 e. The summed E-state index contributed by atoms with van der Waals surface area (Å²) in [6.45, 7) is 6.51. The second-order valence-electron chi connectivity index (χ2n) is 19.2. The number of hydrogen-bond acceptors (Lipinski definition) is 6. The van der Waals surface area contributed by atoms with Crippen molar-refractivity contribution >= 4 is 17.9 Å². The van der Waals surface area contributed by atoms with Crippen molar-refractivity contribution in [2.24, 2.45) is 0 Å². The van der Waals surface area contributed by atoms with E-state index in [1.54, 1.807) is 0 Å². The molecule has 388 valence electrons. The molecule has 0 saturated heterocycles. The van der Waals surface area contributed by atoms with Crippen LogP contribution in [0.25, 0.3) is 0 Å². The van der Waals surface area contributed by atoms with Crippen LogP contribution in [0.2, 0.25) is 0 Å². The lowest BCUT2D eigenvalue weighted by Crippen LogP contribution is -2.30. The summed E-state index contributed by atoms with van der Waals surface area (Å²) in [5.74, 6) is -0.937. The van der Waals surface area contributed by atoms with Gasteiger partial charge in [-0.25, -0.2) is 0 Å². The van der Waals surface area contributed by atoms with Crippen molar-refractivity contribution in [2.45, 2.75) is 297 Å². The molecule has 6 nitrogen and oxygen atoms in total. The number of unbranched alkanes of at least 4 members (excludes halogenated alkanes) is 31. The summed E-state index contributed by atoms with van der Waals surface area (Å²) in [4.78, 5) is 38.1. The SMILES string of the molecule is CC/C=C\C/C=C\C/C=C\C/C=C\C/C=C\CCCC(=O)OC(COC(=O)CCCCCCCCCCCCCCCC)COC(=O)CCCCCCCCCCCCCCCCCCCC. The number of carbonyl (C=O) groups excluding carboxylic acids is 3. The normalized spacial score (nSPS) is 12.5. The van der Waals surface area contributed by atoms with E-state index in [4.69, 9.17) is 14.2 Å². The molecule has 0 N–H and O–H groups in total. The highest BCUT2D eigenvalue weighted by atomic mass is 16.6. The Labute approximate surface area is 415 Å². The van der Waals surface area contributed by atoms with Gasteiger partial charge in [0.1, 0.15) is 13.2 Å². The minimum Gasteiger partial charge on any atom is -0.462 e. The fourth-order valence-electron chi connectivity index (χ4n) is 8.24. The first-order chi connectivity index (χ1) is 33.0. The van der Waals surface area contributed by atoms with E-state index in [1.807, 2.05) is 0 Å². The number of allylic oxidation sites excluding steroid dienone is 10. The molecule has 0 aromatic rings. The Morgan fingerprint density at radius 2 is 0.582 bits per heavy atom. The van der Waals surface area contributed by atoms with Crippen LogP contribution in [0.1, 0.15) is 290 Å². The van der Waals surface area contributed by atoms with Crippen molar-refractivity contribution in [2.75, 3.05) is 13.2 Å². The Kier molecular flexibility index (Phi) is 53.3. The van der Waals surface area contributed by atoms with E-state index < -0.39 is 6.10 Å². The van der Waals surface area contributed by atoms with Gasteiger partial charge in [0.15, 0.2) is 6.10 Å². The zero-order chi connectivity index (χ0) is 48.6. The maximum absolute atomic E-state index is 12.8. The molecule has 6 heteroatoms. The Morgan fingerprint density at radius 1 is 0.313 bits per heavy atom. The van der Waals surface area contributed by atoms with E-state index in [9.17, 15) is 14.4 Å². The minimum atomic E-state index is -0.800. The van der Waals surface area contributed by atoms with Crippen LogP contribution in [0.4, 0.5) is 0 Å². The van der Waals surface area contributed by atoms with Gasteiger partial charge in [0, 0.05) is 19.3 Å². The summed E-state index contributed by atoms with van der Waals surface area (Å²) < 4.78 is 16.8. The van der Waals surface area contributed by atoms with Crippen LogP contribution in [0.15, 0.2) is 60.8 Å². The molecule has 0 fully saturated rings. The zero-order valence-corrected chi connectivity index (χ0v) is 44.4. The van der Waals surface area contributed by atoms with E-state index in [0.29, 0.717) is 19.3 Å². The molecule has 0 heterocycles. The Hall–Kier alpha value is -2.89. The van der Waals surface area contributed by atoms with Crippen molar-refractivity contribution in [1.29, 1.82) is 0 Å². The summed E-state index contributed by atoms with van der Waals surface area (Å²) >= 11 is 0.